The third-order valence-electron chi connectivity index (χ3n) is 3.81. The fourth-order valence-corrected chi connectivity index (χ4v) is 2.58. The van der Waals surface area contributed by atoms with Crippen molar-refractivity contribution in [3.05, 3.63) is 53.9 Å². The highest BCUT2D eigenvalue weighted by Gasteiger charge is 2.15. The summed E-state index contributed by atoms with van der Waals surface area (Å²) in [5.74, 6) is 2.08. The Bertz CT molecular complexity index is 870. The van der Waals surface area contributed by atoms with Crippen LogP contribution in [0.5, 0.6) is 11.5 Å². The van der Waals surface area contributed by atoms with Gasteiger partial charge >= 0.3 is 0 Å². The summed E-state index contributed by atoms with van der Waals surface area (Å²) >= 11 is 0. The predicted molar refractivity (Wildman–Crippen MR) is 99.0 cm³/mol. The summed E-state index contributed by atoms with van der Waals surface area (Å²) in [4.78, 5) is 12.2. The van der Waals surface area contributed by atoms with Crippen molar-refractivity contribution >= 4 is 5.91 Å². The molecule has 0 saturated carbocycles. The molecule has 0 aliphatic rings. The number of ether oxygens (including phenoxy) is 2. The summed E-state index contributed by atoms with van der Waals surface area (Å²) in [7, 11) is 0. The van der Waals surface area contributed by atoms with Crippen LogP contribution in [-0.2, 0) is 6.42 Å². The first-order valence-corrected chi connectivity index (χ1v) is 8.88. The third kappa shape index (κ3) is 4.69. The number of furan rings is 1. The number of rotatable bonds is 9. The molecule has 0 saturated heterocycles. The van der Waals surface area contributed by atoms with E-state index in [9.17, 15) is 4.79 Å². The zero-order valence-electron chi connectivity index (χ0n) is 15.4. The monoisotopic (exact) mass is 370 g/mol. The first-order chi connectivity index (χ1) is 13.2. The summed E-state index contributed by atoms with van der Waals surface area (Å²) < 4.78 is 21.5. The molecule has 7 heteroatoms. The smallest absolute Gasteiger partial charge is 0.273 e. The lowest BCUT2D eigenvalue weighted by Gasteiger charge is -2.12. The van der Waals surface area contributed by atoms with Gasteiger partial charge in [0, 0.05) is 12.6 Å². The summed E-state index contributed by atoms with van der Waals surface area (Å²) in [6.45, 7) is 5.46. The lowest BCUT2D eigenvalue weighted by Crippen LogP contribution is -2.25. The predicted octanol–water partition coefficient (Wildman–Crippen LogP) is 3.70. The molecule has 3 aromatic rings. The molecule has 27 heavy (non-hydrogen) atoms. The van der Waals surface area contributed by atoms with Gasteiger partial charge in [-0.25, -0.2) is 0 Å². The van der Waals surface area contributed by atoms with E-state index in [1.165, 1.54) is 6.26 Å². The maximum atomic E-state index is 12.2. The van der Waals surface area contributed by atoms with Crippen LogP contribution in [-0.4, -0.2) is 30.8 Å². The molecule has 1 amide bonds. The van der Waals surface area contributed by atoms with Crippen LogP contribution in [0.25, 0.3) is 11.5 Å². The minimum atomic E-state index is -0.299. The van der Waals surface area contributed by atoms with Gasteiger partial charge in [-0.2, -0.15) is 0 Å². The molecule has 1 N–H and O–H groups in total. The van der Waals surface area contributed by atoms with E-state index in [2.05, 4.69) is 10.5 Å². The molecule has 0 atom stereocenters. The van der Waals surface area contributed by atoms with E-state index in [-0.39, 0.29) is 11.6 Å². The van der Waals surface area contributed by atoms with E-state index in [4.69, 9.17) is 18.4 Å². The van der Waals surface area contributed by atoms with Crippen molar-refractivity contribution in [1.29, 1.82) is 0 Å². The summed E-state index contributed by atoms with van der Waals surface area (Å²) in [6, 6.07) is 10.8. The quantitative estimate of drug-likeness (QED) is 0.618. The Morgan fingerprint density at radius 2 is 1.89 bits per heavy atom. The van der Waals surface area contributed by atoms with Crippen LogP contribution in [0.4, 0.5) is 0 Å². The molecule has 0 aliphatic carbocycles. The van der Waals surface area contributed by atoms with Crippen LogP contribution in [0, 0.1) is 0 Å². The van der Waals surface area contributed by atoms with Crippen molar-refractivity contribution in [3.63, 3.8) is 0 Å². The van der Waals surface area contributed by atoms with Gasteiger partial charge in [0.2, 0.25) is 5.76 Å². The third-order valence-corrected chi connectivity index (χ3v) is 3.81. The second-order valence-electron chi connectivity index (χ2n) is 5.71. The Kier molecular flexibility index (Phi) is 6.14. The van der Waals surface area contributed by atoms with Crippen molar-refractivity contribution in [2.24, 2.45) is 0 Å². The van der Waals surface area contributed by atoms with Crippen molar-refractivity contribution in [1.82, 2.24) is 10.5 Å². The number of aromatic nitrogens is 1. The van der Waals surface area contributed by atoms with Gasteiger partial charge in [0.15, 0.2) is 23.0 Å². The zero-order chi connectivity index (χ0) is 19.1. The minimum absolute atomic E-state index is 0.211. The molecule has 1 aromatic carbocycles. The number of nitrogens with one attached hydrogen (secondary N) is 1. The molecule has 7 nitrogen and oxygen atoms in total. The maximum absolute atomic E-state index is 12.2. The van der Waals surface area contributed by atoms with Crippen LogP contribution in [0.3, 0.4) is 0 Å². The Hall–Kier alpha value is -3.22. The van der Waals surface area contributed by atoms with Gasteiger partial charge in [-0.05, 0) is 50.1 Å². The van der Waals surface area contributed by atoms with E-state index in [0.717, 1.165) is 11.3 Å². The minimum Gasteiger partial charge on any atom is -0.490 e. The molecule has 0 bridgehead atoms. The molecule has 3 rings (SSSR count). The van der Waals surface area contributed by atoms with E-state index in [0.29, 0.717) is 43.4 Å². The highest BCUT2D eigenvalue weighted by Crippen LogP contribution is 2.28. The number of benzene rings is 1. The Balaban J connectivity index is 1.56. The lowest BCUT2D eigenvalue weighted by molar-refractivity contribution is 0.0945. The van der Waals surface area contributed by atoms with Crippen LogP contribution in [0.1, 0.15) is 29.9 Å². The molecule has 0 unspecified atom stereocenters. The highest BCUT2D eigenvalue weighted by atomic mass is 16.5. The second kappa shape index (κ2) is 8.93. The summed E-state index contributed by atoms with van der Waals surface area (Å²) in [6.07, 6.45) is 2.19. The number of hydrogen-bond acceptors (Lipinski definition) is 6. The van der Waals surface area contributed by atoms with Crippen LogP contribution >= 0.6 is 0 Å². The Morgan fingerprint density at radius 1 is 1.07 bits per heavy atom. The number of nitrogens with zero attached hydrogens (tertiary/aromatic N) is 1. The number of carbonyl (C=O) groups is 1. The molecule has 2 aromatic heterocycles. The van der Waals surface area contributed by atoms with Crippen molar-refractivity contribution in [2.75, 3.05) is 19.8 Å². The molecule has 0 radical (unpaired) electrons. The fraction of sp³-hybridized carbons (Fsp3) is 0.300. The van der Waals surface area contributed by atoms with Gasteiger partial charge < -0.3 is 23.7 Å². The molecule has 0 fully saturated rings. The molecule has 0 spiro atoms. The van der Waals surface area contributed by atoms with E-state index < -0.39 is 0 Å². The van der Waals surface area contributed by atoms with E-state index >= 15 is 0 Å². The van der Waals surface area contributed by atoms with Crippen molar-refractivity contribution in [2.45, 2.75) is 20.3 Å². The normalized spacial score (nSPS) is 10.6. The van der Waals surface area contributed by atoms with Crippen LogP contribution in [0.15, 0.2) is 51.6 Å². The molecule has 142 valence electrons. The maximum Gasteiger partial charge on any atom is 0.273 e. The standard InChI is InChI=1S/C20H22N2O5/c1-3-24-17-8-7-14(12-18(17)25-4-2)9-10-21-20(23)15-13-19(27-22-15)16-6-5-11-26-16/h5-8,11-13H,3-4,9-10H2,1-2H3,(H,21,23). The van der Waals surface area contributed by atoms with Gasteiger partial charge in [0.1, 0.15) is 0 Å². The number of hydrogen-bond donors (Lipinski definition) is 1. The van der Waals surface area contributed by atoms with Gasteiger partial charge in [-0.15, -0.1) is 0 Å². The number of amides is 1. The largest absolute Gasteiger partial charge is 0.490 e. The van der Waals surface area contributed by atoms with Crippen molar-refractivity contribution in [3.8, 4) is 23.0 Å². The highest BCUT2D eigenvalue weighted by molar-refractivity contribution is 5.92. The second-order valence-corrected chi connectivity index (χ2v) is 5.71. The van der Waals surface area contributed by atoms with E-state index in [1.54, 1.807) is 18.2 Å². The average Bonchev–Trinajstić information content (AvgIpc) is 3.35. The number of carbonyl (C=O) groups excluding carboxylic acids is 1. The van der Waals surface area contributed by atoms with Gasteiger partial charge in [-0.1, -0.05) is 11.2 Å². The van der Waals surface area contributed by atoms with Crippen molar-refractivity contribution < 1.29 is 23.2 Å². The van der Waals surface area contributed by atoms with Gasteiger partial charge in [-0.3, -0.25) is 4.79 Å². The molecule has 2 heterocycles. The SMILES string of the molecule is CCOc1ccc(CCNC(=O)c2cc(-c3ccco3)on2)cc1OCC. The molecular weight excluding hydrogens is 348 g/mol. The lowest BCUT2D eigenvalue weighted by atomic mass is 10.1. The Morgan fingerprint density at radius 3 is 2.63 bits per heavy atom. The Labute approximate surface area is 157 Å². The average molecular weight is 370 g/mol. The molecular formula is C20H22N2O5. The first kappa shape index (κ1) is 18.6. The van der Waals surface area contributed by atoms with E-state index in [1.807, 2.05) is 32.0 Å². The molecule has 0 aliphatic heterocycles. The van der Waals surface area contributed by atoms with Gasteiger partial charge in [0.05, 0.1) is 19.5 Å². The topological polar surface area (TPSA) is 86.7 Å². The van der Waals surface area contributed by atoms with Crippen LogP contribution < -0.4 is 14.8 Å². The fourth-order valence-electron chi connectivity index (χ4n) is 2.58. The van der Waals surface area contributed by atoms with Crippen LogP contribution in [0.2, 0.25) is 0 Å². The zero-order valence-corrected chi connectivity index (χ0v) is 15.4. The summed E-state index contributed by atoms with van der Waals surface area (Å²) in [5, 5.41) is 6.62. The van der Waals surface area contributed by atoms with Gasteiger partial charge in [0.25, 0.3) is 5.91 Å². The summed E-state index contributed by atoms with van der Waals surface area (Å²) in [5.41, 5.74) is 1.25. The first-order valence-electron chi connectivity index (χ1n) is 8.88.